The van der Waals surface area contributed by atoms with Gasteiger partial charge in [-0.25, -0.2) is 0 Å². The summed E-state index contributed by atoms with van der Waals surface area (Å²) < 4.78 is 11.4. The quantitative estimate of drug-likeness (QED) is 0.874. The Morgan fingerprint density at radius 3 is 2.75 bits per heavy atom. The van der Waals surface area contributed by atoms with Gasteiger partial charge in [0.15, 0.2) is 0 Å². The van der Waals surface area contributed by atoms with E-state index in [9.17, 15) is 0 Å². The van der Waals surface area contributed by atoms with E-state index in [0.29, 0.717) is 13.2 Å². The molecule has 0 aliphatic rings. The van der Waals surface area contributed by atoms with E-state index in [-0.39, 0.29) is 6.04 Å². The van der Waals surface area contributed by atoms with Gasteiger partial charge in [0.2, 0.25) is 0 Å². The second-order valence-corrected chi connectivity index (χ2v) is 4.45. The molecule has 0 heterocycles. The van der Waals surface area contributed by atoms with Crippen molar-refractivity contribution in [2.24, 2.45) is 5.73 Å². The van der Waals surface area contributed by atoms with Crippen molar-refractivity contribution in [3.8, 4) is 5.75 Å². The lowest BCUT2D eigenvalue weighted by Gasteiger charge is -2.12. The minimum absolute atomic E-state index is 0.0419. The van der Waals surface area contributed by atoms with Crippen LogP contribution in [0.2, 0.25) is 0 Å². The number of methoxy groups -OCH3 is 1. The summed E-state index contributed by atoms with van der Waals surface area (Å²) in [6.07, 6.45) is 0.808. The van der Waals surface area contributed by atoms with Crippen LogP contribution < -0.4 is 10.5 Å². The summed E-state index contributed by atoms with van der Waals surface area (Å²) in [6, 6.07) is 6.03. The fourth-order valence-corrected chi connectivity index (χ4v) is 2.06. The smallest absolute Gasteiger partial charge is 0.133 e. The molecule has 1 rings (SSSR count). The van der Waals surface area contributed by atoms with Crippen LogP contribution in [0.5, 0.6) is 5.75 Å². The molecule has 0 saturated carbocycles. The monoisotopic (exact) mass is 287 g/mol. The van der Waals surface area contributed by atoms with E-state index in [1.807, 2.05) is 25.1 Å². The van der Waals surface area contributed by atoms with Crippen molar-refractivity contribution < 1.29 is 9.47 Å². The molecule has 0 radical (unpaired) electrons. The van der Waals surface area contributed by atoms with Gasteiger partial charge in [-0.2, -0.15) is 0 Å². The second-order valence-electron chi connectivity index (χ2n) is 3.59. The molecule has 1 aromatic carbocycles. The number of ether oxygens (including phenoxy) is 2. The third-order valence-corrected chi connectivity index (χ3v) is 2.87. The van der Waals surface area contributed by atoms with E-state index >= 15 is 0 Å². The molecule has 1 atom stereocenters. The standard InChI is InChI=1S/C12H18BrNO2/c1-3-16-8-10(14)6-9-4-5-12(15-2)11(13)7-9/h4-5,7,10H,3,6,8,14H2,1-2H3. The summed E-state index contributed by atoms with van der Waals surface area (Å²) in [5.74, 6) is 0.835. The Morgan fingerprint density at radius 2 is 2.19 bits per heavy atom. The van der Waals surface area contributed by atoms with Gasteiger partial charge in [-0.1, -0.05) is 6.07 Å². The molecule has 1 aromatic rings. The van der Waals surface area contributed by atoms with E-state index in [2.05, 4.69) is 15.9 Å². The normalized spacial score (nSPS) is 12.5. The highest BCUT2D eigenvalue weighted by molar-refractivity contribution is 9.10. The average Bonchev–Trinajstić information content (AvgIpc) is 2.26. The Balaban J connectivity index is 2.57. The zero-order valence-electron chi connectivity index (χ0n) is 9.70. The van der Waals surface area contributed by atoms with Crippen LogP contribution in [0.1, 0.15) is 12.5 Å². The molecule has 0 aliphatic carbocycles. The van der Waals surface area contributed by atoms with E-state index in [0.717, 1.165) is 16.6 Å². The summed E-state index contributed by atoms with van der Waals surface area (Å²) in [6.45, 7) is 3.27. The lowest BCUT2D eigenvalue weighted by atomic mass is 10.1. The third kappa shape index (κ3) is 4.12. The molecule has 0 saturated heterocycles. The maximum absolute atomic E-state index is 5.94. The van der Waals surface area contributed by atoms with Crippen LogP contribution in [0.15, 0.2) is 22.7 Å². The summed E-state index contributed by atoms with van der Waals surface area (Å²) in [5.41, 5.74) is 7.12. The minimum atomic E-state index is 0.0419. The van der Waals surface area contributed by atoms with Crippen LogP contribution in [0.4, 0.5) is 0 Å². The van der Waals surface area contributed by atoms with Gasteiger partial charge >= 0.3 is 0 Å². The molecule has 0 aromatic heterocycles. The molecule has 16 heavy (non-hydrogen) atoms. The van der Waals surface area contributed by atoms with Crippen molar-refractivity contribution in [3.63, 3.8) is 0 Å². The van der Waals surface area contributed by atoms with Gasteiger partial charge in [0.1, 0.15) is 5.75 Å². The fraction of sp³-hybridized carbons (Fsp3) is 0.500. The topological polar surface area (TPSA) is 44.5 Å². The number of halogens is 1. The van der Waals surface area contributed by atoms with Crippen LogP contribution >= 0.6 is 15.9 Å². The lowest BCUT2D eigenvalue weighted by molar-refractivity contribution is 0.133. The summed E-state index contributed by atoms with van der Waals surface area (Å²) >= 11 is 3.45. The van der Waals surface area contributed by atoms with Crippen LogP contribution in [-0.4, -0.2) is 26.4 Å². The van der Waals surface area contributed by atoms with E-state index in [4.69, 9.17) is 15.2 Å². The number of benzene rings is 1. The highest BCUT2D eigenvalue weighted by Gasteiger charge is 2.06. The van der Waals surface area contributed by atoms with E-state index < -0.39 is 0 Å². The van der Waals surface area contributed by atoms with Crippen molar-refractivity contribution in [2.45, 2.75) is 19.4 Å². The fourth-order valence-electron chi connectivity index (χ4n) is 1.47. The summed E-state index contributed by atoms with van der Waals surface area (Å²) in [5, 5.41) is 0. The van der Waals surface area contributed by atoms with Crippen LogP contribution in [0.3, 0.4) is 0 Å². The molecule has 3 nitrogen and oxygen atoms in total. The second kappa shape index (κ2) is 6.89. The number of hydrogen-bond acceptors (Lipinski definition) is 3. The highest BCUT2D eigenvalue weighted by atomic mass is 79.9. The Kier molecular flexibility index (Phi) is 5.80. The highest BCUT2D eigenvalue weighted by Crippen LogP contribution is 2.25. The Hall–Kier alpha value is -0.580. The molecule has 2 N–H and O–H groups in total. The van der Waals surface area contributed by atoms with Gasteiger partial charge in [-0.3, -0.25) is 0 Å². The van der Waals surface area contributed by atoms with Crippen LogP contribution in [0, 0.1) is 0 Å². The lowest BCUT2D eigenvalue weighted by Crippen LogP contribution is -2.28. The first-order valence-corrected chi connectivity index (χ1v) is 6.12. The van der Waals surface area contributed by atoms with Gasteiger partial charge in [-0.15, -0.1) is 0 Å². The molecule has 90 valence electrons. The first kappa shape index (κ1) is 13.5. The van der Waals surface area contributed by atoms with Crippen molar-refractivity contribution in [1.29, 1.82) is 0 Å². The molecule has 4 heteroatoms. The summed E-state index contributed by atoms with van der Waals surface area (Å²) in [4.78, 5) is 0. The van der Waals surface area contributed by atoms with Crippen molar-refractivity contribution >= 4 is 15.9 Å². The Morgan fingerprint density at radius 1 is 1.44 bits per heavy atom. The van der Waals surface area contributed by atoms with Gasteiger partial charge in [0, 0.05) is 12.6 Å². The van der Waals surface area contributed by atoms with Gasteiger partial charge in [0.25, 0.3) is 0 Å². The minimum Gasteiger partial charge on any atom is -0.496 e. The third-order valence-electron chi connectivity index (χ3n) is 2.25. The number of hydrogen-bond donors (Lipinski definition) is 1. The zero-order valence-corrected chi connectivity index (χ0v) is 11.3. The molecule has 0 fully saturated rings. The van der Waals surface area contributed by atoms with Crippen LogP contribution in [0.25, 0.3) is 0 Å². The Labute approximate surface area is 105 Å². The molecule has 1 unspecified atom stereocenters. The van der Waals surface area contributed by atoms with E-state index in [1.54, 1.807) is 7.11 Å². The van der Waals surface area contributed by atoms with Crippen LogP contribution in [-0.2, 0) is 11.2 Å². The SMILES string of the molecule is CCOCC(N)Cc1ccc(OC)c(Br)c1. The van der Waals surface area contributed by atoms with Crippen molar-refractivity contribution in [2.75, 3.05) is 20.3 Å². The molecule has 0 spiro atoms. The molecule has 0 bridgehead atoms. The molecule has 0 amide bonds. The number of rotatable bonds is 6. The molecular weight excluding hydrogens is 270 g/mol. The van der Waals surface area contributed by atoms with E-state index in [1.165, 1.54) is 5.56 Å². The van der Waals surface area contributed by atoms with Gasteiger partial charge in [-0.05, 0) is 47.0 Å². The average molecular weight is 288 g/mol. The predicted molar refractivity (Wildman–Crippen MR) is 68.9 cm³/mol. The maximum atomic E-state index is 5.94. The van der Waals surface area contributed by atoms with Gasteiger partial charge < -0.3 is 15.2 Å². The predicted octanol–water partition coefficient (Wildman–Crippen LogP) is 2.36. The molecular formula is C12H18BrNO2. The maximum Gasteiger partial charge on any atom is 0.133 e. The van der Waals surface area contributed by atoms with Crippen molar-refractivity contribution in [1.82, 2.24) is 0 Å². The largest absolute Gasteiger partial charge is 0.496 e. The first-order chi connectivity index (χ1) is 7.67. The summed E-state index contributed by atoms with van der Waals surface area (Å²) in [7, 11) is 1.65. The van der Waals surface area contributed by atoms with Gasteiger partial charge in [0.05, 0.1) is 18.2 Å². The van der Waals surface area contributed by atoms with Crippen molar-refractivity contribution in [3.05, 3.63) is 28.2 Å². The Bertz CT molecular complexity index is 331. The molecule has 0 aliphatic heterocycles. The zero-order chi connectivity index (χ0) is 12.0. The first-order valence-electron chi connectivity index (χ1n) is 5.33. The number of nitrogens with two attached hydrogens (primary N) is 1.